The quantitative estimate of drug-likeness (QED) is 0.297. The first-order valence-corrected chi connectivity index (χ1v) is 9.06. The highest BCUT2D eigenvalue weighted by molar-refractivity contribution is 9.10. The SMILES string of the molecule is CNc1cccc(C2CC2)c1N(C)Cc1ccccc1Br.NNC=O. The van der Waals surface area contributed by atoms with Crippen LogP contribution in [0.2, 0.25) is 0 Å². The van der Waals surface area contributed by atoms with Gasteiger partial charge in [-0.05, 0) is 42.0 Å². The summed E-state index contributed by atoms with van der Waals surface area (Å²) in [6, 6.07) is 15.1. The summed E-state index contributed by atoms with van der Waals surface area (Å²) in [6.45, 7) is 0.903. The zero-order chi connectivity index (χ0) is 18.2. The summed E-state index contributed by atoms with van der Waals surface area (Å²) in [5.74, 6) is 5.16. The number of hydrogen-bond donors (Lipinski definition) is 3. The van der Waals surface area contributed by atoms with Gasteiger partial charge in [-0.1, -0.05) is 46.3 Å². The zero-order valence-electron chi connectivity index (χ0n) is 14.6. The molecule has 0 spiro atoms. The minimum absolute atomic E-state index is 0.403. The molecule has 25 heavy (non-hydrogen) atoms. The second-order valence-electron chi connectivity index (χ2n) is 6.00. The normalized spacial score (nSPS) is 12.6. The van der Waals surface area contributed by atoms with Crippen molar-refractivity contribution >= 4 is 33.7 Å². The number of anilines is 2. The van der Waals surface area contributed by atoms with Gasteiger partial charge in [0.2, 0.25) is 6.41 Å². The second kappa shape index (κ2) is 9.44. The number of benzene rings is 2. The molecule has 0 saturated heterocycles. The van der Waals surface area contributed by atoms with Crippen molar-refractivity contribution in [3.05, 3.63) is 58.1 Å². The number of nitrogens with zero attached hydrogens (tertiary/aromatic N) is 1. The number of hydrogen-bond acceptors (Lipinski definition) is 4. The first-order valence-electron chi connectivity index (χ1n) is 8.27. The minimum Gasteiger partial charge on any atom is -0.386 e. The number of amides is 1. The number of para-hydroxylation sites is 1. The highest BCUT2D eigenvalue weighted by Crippen LogP contribution is 2.46. The monoisotopic (exact) mass is 404 g/mol. The summed E-state index contributed by atoms with van der Waals surface area (Å²) < 4.78 is 1.17. The molecule has 134 valence electrons. The summed E-state index contributed by atoms with van der Waals surface area (Å²) in [6.07, 6.45) is 3.05. The number of rotatable bonds is 6. The summed E-state index contributed by atoms with van der Waals surface area (Å²) >= 11 is 3.65. The Bertz CT molecular complexity index is 704. The number of hydrazine groups is 1. The van der Waals surface area contributed by atoms with E-state index in [0.29, 0.717) is 6.41 Å². The Balaban J connectivity index is 0.000000511. The summed E-state index contributed by atoms with van der Waals surface area (Å²) in [7, 11) is 4.18. The number of halogens is 1. The molecule has 1 aliphatic rings. The van der Waals surface area contributed by atoms with Crippen LogP contribution in [0.25, 0.3) is 0 Å². The van der Waals surface area contributed by atoms with Crippen molar-refractivity contribution in [2.75, 3.05) is 24.3 Å². The number of carbonyl (C=O) groups is 1. The summed E-state index contributed by atoms with van der Waals surface area (Å²) in [4.78, 5) is 11.3. The lowest BCUT2D eigenvalue weighted by molar-refractivity contribution is -0.109. The smallest absolute Gasteiger partial charge is 0.221 e. The van der Waals surface area contributed by atoms with E-state index in [1.807, 2.05) is 7.05 Å². The van der Waals surface area contributed by atoms with Crippen LogP contribution >= 0.6 is 15.9 Å². The van der Waals surface area contributed by atoms with Gasteiger partial charge in [-0.3, -0.25) is 10.2 Å². The predicted octanol–water partition coefficient (Wildman–Crippen LogP) is 3.61. The lowest BCUT2D eigenvalue weighted by Crippen LogP contribution is -2.19. The van der Waals surface area contributed by atoms with Gasteiger partial charge in [0.25, 0.3) is 0 Å². The fourth-order valence-electron chi connectivity index (χ4n) is 2.87. The molecule has 2 aromatic rings. The molecule has 1 saturated carbocycles. The van der Waals surface area contributed by atoms with Gasteiger partial charge in [0.1, 0.15) is 0 Å². The third kappa shape index (κ3) is 5.21. The van der Waals surface area contributed by atoms with Gasteiger partial charge >= 0.3 is 0 Å². The maximum absolute atomic E-state index is 8.94. The first kappa shape index (κ1) is 19.3. The molecule has 1 aliphatic carbocycles. The third-order valence-electron chi connectivity index (χ3n) is 4.17. The summed E-state index contributed by atoms with van der Waals surface area (Å²) in [5, 5.41) is 3.35. The average molecular weight is 405 g/mol. The van der Waals surface area contributed by atoms with Crippen molar-refractivity contribution in [2.45, 2.75) is 25.3 Å². The van der Waals surface area contributed by atoms with E-state index >= 15 is 0 Å². The van der Waals surface area contributed by atoms with Gasteiger partial charge < -0.3 is 10.2 Å². The molecular formula is C19H25BrN4O. The molecular weight excluding hydrogens is 380 g/mol. The van der Waals surface area contributed by atoms with E-state index in [0.717, 1.165) is 12.5 Å². The Morgan fingerprint density at radius 2 is 1.92 bits per heavy atom. The average Bonchev–Trinajstić information content (AvgIpc) is 3.48. The standard InChI is InChI=1S/C18H21BrN2.CH4N2O/c1-20-17-9-5-7-15(13-10-11-13)18(17)21(2)12-14-6-3-4-8-16(14)19;2-3-1-4/h3-9,13,20H,10-12H2,1-2H3;1H,2H2,(H,3,4). The van der Waals surface area contributed by atoms with E-state index in [4.69, 9.17) is 4.79 Å². The molecule has 1 fully saturated rings. The molecule has 3 rings (SSSR count). The molecule has 6 heteroatoms. The molecule has 4 N–H and O–H groups in total. The molecule has 1 amide bonds. The van der Waals surface area contributed by atoms with Crippen molar-refractivity contribution in [1.82, 2.24) is 5.43 Å². The van der Waals surface area contributed by atoms with Crippen LogP contribution in [0.5, 0.6) is 0 Å². The number of nitrogens with two attached hydrogens (primary N) is 1. The van der Waals surface area contributed by atoms with Crippen LogP contribution < -0.4 is 21.5 Å². The van der Waals surface area contributed by atoms with E-state index < -0.39 is 0 Å². The van der Waals surface area contributed by atoms with Crippen LogP contribution in [-0.2, 0) is 11.3 Å². The van der Waals surface area contributed by atoms with E-state index in [1.54, 1.807) is 5.43 Å². The molecule has 2 aromatic carbocycles. The van der Waals surface area contributed by atoms with Crippen LogP contribution in [0, 0.1) is 0 Å². The first-order chi connectivity index (χ1) is 12.1. The van der Waals surface area contributed by atoms with Crippen LogP contribution in [0.4, 0.5) is 11.4 Å². The van der Waals surface area contributed by atoms with Crippen molar-refractivity contribution < 1.29 is 4.79 Å². The van der Waals surface area contributed by atoms with Gasteiger partial charge in [0, 0.05) is 25.1 Å². The Morgan fingerprint density at radius 1 is 1.24 bits per heavy atom. The molecule has 0 aromatic heterocycles. The molecule has 0 heterocycles. The lowest BCUT2D eigenvalue weighted by atomic mass is 10.0. The highest BCUT2D eigenvalue weighted by Gasteiger charge is 2.28. The van der Waals surface area contributed by atoms with E-state index in [9.17, 15) is 0 Å². The van der Waals surface area contributed by atoms with Crippen molar-refractivity contribution in [2.24, 2.45) is 5.84 Å². The van der Waals surface area contributed by atoms with Gasteiger partial charge in [-0.15, -0.1) is 0 Å². The van der Waals surface area contributed by atoms with E-state index in [2.05, 4.69) is 81.5 Å². The molecule has 0 unspecified atom stereocenters. The van der Waals surface area contributed by atoms with Crippen LogP contribution in [0.15, 0.2) is 46.9 Å². The molecule has 0 atom stereocenters. The van der Waals surface area contributed by atoms with Crippen LogP contribution in [0.3, 0.4) is 0 Å². The highest BCUT2D eigenvalue weighted by atomic mass is 79.9. The van der Waals surface area contributed by atoms with Crippen molar-refractivity contribution in [3.63, 3.8) is 0 Å². The van der Waals surface area contributed by atoms with E-state index in [1.165, 1.54) is 39.8 Å². The second-order valence-corrected chi connectivity index (χ2v) is 6.85. The van der Waals surface area contributed by atoms with Crippen molar-refractivity contribution in [1.29, 1.82) is 0 Å². The molecule has 0 radical (unpaired) electrons. The largest absolute Gasteiger partial charge is 0.386 e. The van der Waals surface area contributed by atoms with Crippen LogP contribution in [0.1, 0.15) is 29.9 Å². The van der Waals surface area contributed by atoms with Gasteiger partial charge in [0.15, 0.2) is 0 Å². The molecule has 0 aliphatic heterocycles. The predicted molar refractivity (Wildman–Crippen MR) is 108 cm³/mol. The fourth-order valence-corrected chi connectivity index (χ4v) is 3.28. The maximum Gasteiger partial charge on any atom is 0.221 e. The minimum atomic E-state index is 0.403. The van der Waals surface area contributed by atoms with Crippen LogP contribution in [-0.4, -0.2) is 20.5 Å². The molecule has 0 bridgehead atoms. The lowest BCUT2D eigenvalue weighted by Gasteiger charge is -2.26. The van der Waals surface area contributed by atoms with Gasteiger partial charge in [-0.2, -0.15) is 0 Å². The zero-order valence-corrected chi connectivity index (χ0v) is 16.2. The van der Waals surface area contributed by atoms with E-state index in [-0.39, 0.29) is 0 Å². The molecule has 5 nitrogen and oxygen atoms in total. The Kier molecular flexibility index (Phi) is 7.28. The summed E-state index contributed by atoms with van der Waals surface area (Å²) in [5.41, 5.74) is 7.11. The van der Waals surface area contributed by atoms with Gasteiger partial charge in [-0.25, -0.2) is 5.84 Å². The third-order valence-corrected chi connectivity index (χ3v) is 4.94. The Labute approximate surface area is 157 Å². The van der Waals surface area contributed by atoms with Crippen molar-refractivity contribution in [3.8, 4) is 0 Å². The number of nitrogens with one attached hydrogen (secondary N) is 2. The Morgan fingerprint density at radius 3 is 2.48 bits per heavy atom. The van der Waals surface area contributed by atoms with Gasteiger partial charge in [0.05, 0.1) is 11.4 Å². The number of carbonyl (C=O) groups excluding carboxylic acids is 1. The Hall–Kier alpha value is -2.05. The maximum atomic E-state index is 8.94. The fraction of sp³-hybridized carbons (Fsp3) is 0.316. The topological polar surface area (TPSA) is 70.4 Å².